The number of rotatable bonds is 2. The first kappa shape index (κ1) is 7.52. The van der Waals surface area contributed by atoms with Crippen LogP contribution in [0.5, 0.6) is 5.19 Å². The zero-order chi connectivity index (χ0) is 8.39. The Labute approximate surface area is 73.8 Å². The Morgan fingerprint density at radius 2 is 2.25 bits per heavy atom. The molecule has 3 nitrogen and oxygen atoms in total. The summed E-state index contributed by atoms with van der Waals surface area (Å²) in [4.78, 5) is 4.22. The van der Waals surface area contributed by atoms with Crippen molar-refractivity contribution in [3.05, 3.63) is 24.3 Å². The molecule has 0 fully saturated rings. The van der Waals surface area contributed by atoms with Crippen LogP contribution in [0, 0.1) is 0 Å². The predicted octanol–water partition coefficient (Wildman–Crippen LogP) is 1.59. The Kier molecular flexibility index (Phi) is 1.93. The second-order valence-electron chi connectivity index (χ2n) is 2.26. The minimum absolute atomic E-state index is 0.180. The quantitative estimate of drug-likeness (QED) is 0.714. The van der Waals surface area contributed by atoms with Gasteiger partial charge in [-0.1, -0.05) is 23.5 Å². The lowest BCUT2D eigenvalue weighted by atomic mass is 10.3. The lowest BCUT2D eigenvalue weighted by Crippen LogP contribution is -2.06. The molecule has 2 aromatic rings. The fraction of sp³-hybridized carbons (Fsp3) is 0.125. The zero-order valence-corrected chi connectivity index (χ0v) is 7.17. The molecule has 0 saturated heterocycles. The highest BCUT2D eigenvalue weighted by atomic mass is 32.1. The predicted molar refractivity (Wildman–Crippen MR) is 49.3 cm³/mol. The fourth-order valence-corrected chi connectivity index (χ4v) is 1.81. The van der Waals surface area contributed by atoms with E-state index in [-0.39, 0.29) is 6.73 Å². The molecule has 0 amide bonds. The third-order valence-corrected chi connectivity index (χ3v) is 2.43. The summed E-state index contributed by atoms with van der Waals surface area (Å²) in [7, 11) is 0. The molecular formula is C8H8N2OS. The molecule has 0 bridgehead atoms. The number of fused-ring (bicyclic) bond motifs is 1. The van der Waals surface area contributed by atoms with E-state index in [1.54, 1.807) is 0 Å². The molecule has 0 saturated carbocycles. The van der Waals surface area contributed by atoms with E-state index in [0.29, 0.717) is 5.19 Å². The molecule has 0 aliphatic carbocycles. The van der Waals surface area contributed by atoms with Crippen molar-refractivity contribution >= 4 is 21.6 Å². The molecule has 0 unspecified atom stereocenters. The van der Waals surface area contributed by atoms with Gasteiger partial charge in [0.1, 0.15) is 6.73 Å². The molecule has 1 aromatic heterocycles. The first-order valence-corrected chi connectivity index (χ1v) is 4.40. The highest BCUT2D eigenvalue weighted by molar-refractivity contribution is 7.20. The van der Waals surface area contributed by atoms with Gasteiger partial charge in [0.15, 0.2) is 0 Å². The van der Waals surface area contributed by atoms with Gasteiger partial charge >= 0.3 is 0 Å². The van der Waals surface area contributed by atoms with E-state index in [4.69, 9.17) is 10.5 Å². The highest BCUT2D eigenvalue weighted by Gasteiger charge is 2.01. The Morgan fingerprint density at radius 1 is 1.42 bits per heavy atom. The normalized spacial score (nSPS) is 10.4. The van der Waals surface area contributed by atoms with Crippen LogP contribution in [0.4, 0.5) is 0 Å². The van der Waals surface area contributed by atoms with Crippen molar-refractivity contribution in [3.63, 3.8) is 0 Å². The Morgan fingerprint density at radius 3 is 3.00 bits per heavy atom. The summed E-state index contributed by atoms with van der Waals surface area (Å²) in [6.07, 6.45) is 0. The van der Waals surface area contributed by atoms with Gasteiger partial charge in [-0.2, -0.15) is 0 Å². The number of ether oxygens (including phenoxy) is 1. The van der Waals surface area contributed by atoms with E-state index in [0.717, 1.165) is 10.2 Å². The number of hydrogen-bond donors (Lipinski definition) is 1. The van der Waals surface area contributed by atoms with Crippen molar-refractivity contribution in [1.82, 2.24) is 4.98 Å². The Balaban J connectivity index is 2.47. The van der Waals surface area contributed by atoms with Crippen molar-refractivity contribution in [1.29, 1.82) is 0 Å². The third kappa shape index (κ3) is 1.26. The summed E-state index contributed by atoms with van der Waals surface area (Å²) < 4.78 is 6.20. The van der Waals surface area contributed by atoms with Gasteiger partial charge in [0.25, 0.3) is 5.19 Å². The number of para-hydroxylation sites is 1. The summed E-state index contributed by atoms with van der Waals surface area (Å²) in [6, 6.07) is 7.90. The van der Waals surface area contributed by atoms with Crippen LogP contribution in [-0.4, -0.2) is 11.7 Å². The summed E-state index contributed by atoms with van der Waals surface area (Å²) in [5.41, 5.74) is 6.19. The van der Waals surface area contributed by atoms with Crippen molar-refractivity contribution in [2.24, 2.45) is 5.73 Å². The van der Waals surface area contributed by atoms with E-state index >= 15 is 0 Å². The second-order valence-corrected chi connectivity index (χ2v) is 3.25. The van der Waals surface area contributed by atoms with Crippen molar-refractivity contribution < 1.29 is 4.74 Å². The monoisotopic (exact) mass is 180 g/mol. The number of nitrogens with two attached hydrogens (primary N) is 1. The van der Waals surface area contributed by atoms with Crippen LogP contribution in [0.25, 0.3) is 10.2 Å². The number of aromatic nitrogens is 1. The lowest BCUT2D eigenvalue weighted by Gasteiger charge is -1.92. The van der Waals surface area contributed by atoms with Gasteiger partial charge in [-0.25, -0.2) is 4.98 Å². The fourth-order valence-electron chi connectivity index (χ4n) is 0.984. The SMILES string of the molecule is NCOc1nc2ccccc2s1. The first-order chi connectivity index (χ1) is 5.90. The molecular weight excluding hydrogens is 172 g/mol. The number of hydrogen-bond acceptors (Lipinski definition) is 4. The number of thiazole rings is 1. The number of benzene rings is 1. The largest absolute Gasteiger partial charge is 0.454 e. The minimum atomic E-state index is 0.180. The maximum absolute atomic E-state index is 5.23. The summed E-state index contributed by atoms with van der Waals surface area (Å²) in [6.45, 7) is 0.180. The highest BCUT2D eigenvalue weighted by Crippen LogP contribution is 2.26. The summed E-state index contributed by atoms with van der Waals surface area (Å²) in [5, 5.41) is 0.638. The molecule has 4 heteroatoms. The summed E-state index contributed by atoms with van der Waals surface area (Å²) in [5.74, 6) is 0. The smallest absolute Gasteiger partial charge is 0.275 e. The van der Waals surface area contributed by atoms with Crippen LogP contribution < -0.4 is 10.5 Å². The standard InChI is InChI=1S/C8H8N2OS/c9-5-11-8-10-6-3-1-2-4-7(6)12-8/h1-4H,5,9H2. The first-order valence-electron chi connectivity index (χ1n) is 3.58. The molecule has 2 N–H and O–H groups in total. The molecule has 2 rings (SSSR count). The van der Waals surface area contributed by atoms with Gasteiger partial charge in [0, 0.05) is 0 Å². The van der Waals surface area contributed by atoms with Crippen LogP contribution >= 0.6 is 11.3 Å². The van der Waals surface area contributed by atoms with Crippen LogP contribution in [0.1, 0.15) is 0 Å². The lowest BCUT2D eigenvalue weighted by molar-refractivity contribution is 0.328. The minimum Gasteiger partial charge on any atom is -0.454 e. The molecule has 62 valence electrons. The van der Waals surface area contributed by atoms with E-state index in [9.17, 15) is 0 Å². The molecule has 0 aliphatic rings. The summed E-state index contributed by atoms with van der Waals surface area (Å²) >= 11 is 1.51. The molecule has 1 aromatic carbocycles. The van der Waals surface area contributed by atoms with Crippen LogP contribution in [0.2, 0.25) is 0 Å². The Bertz CT molecular complexity index is 352. The average Bonchev–Trinajstić information content (AvgIpc) is 2.47. The van der Waals surface area contributed by atoms with Gasteiger partial charge in [0.05, 0.1) is 10.2 Å². The Hall–Kier alpha value is -1.13. The van der Waals surface area contributed by atoms with Gasteiger partial charge in [0.2, 0.25) is 0 Å². The van der Waals surface area contributed by atoms with Gasteiger partial charge in [-0.3, -0.25) is 5.73 Å². The molecule has 1 heterocycles. The molecule has 0 atom stereocenters. The maximum Gasteiger partial charge on any atom is 0.275 e. The van der Waals surface area contributed by atoms with Crippen LogP contribution in [0.15, 0.2) is 24.3 Å². The second kappa shape index (κ2) is 3.08. The van der Waals surface area contributed by atoms with Gasteiger partial charge in [-0.15, -0.1) is 0 Å². The third-order valence-electron chi connectivity index (χ3n) is 1.48. The van der Waals surface area contributed by atoms with Gasteiger partial charge in [-0.05, 0) is 12.1 Å². The van der Waals surface area contributed by atoms with E-state index in [1.807, 2.05) is 24.3 Å². The van der Waals surface area contributed by atoms with Gasteiger partial charge < -0.3 is 4.74 Å². The van der Waals surface area contributed by atoms with E-state index in [2.05, 4.69) is 4.98 Å². The zero-order valence-electron chi connectivity index (χ0n) is 6.36. The molecule has 12 heavy (non-hydrogen) atoms. The van der Waals surface area contributed by atoms with E-state index in [1.165, 1.54) is 11.3 Å². The maximum atomic E-state index is 5.23. The van der Waals surface area contributed by atoms with Crippen molar-refractivity contribution in [3.8, 4) is 5.19 Å². The number of nitrogens with zero attached hydrogens (tertiary/aromatic N) is 1. The van der Waals surface area contributed by atoms with Crippen LogP contribution in [0.3, 0.4) is 0 Å². The van der Waals surface area contributed by atoms with Crippen molar-refractivity contribution in [2.75, 3.05) is 6.73 Å². The van der Waals surface area contributed by atoms with Crippen LogP contribution in [-0.2, 0) is 0 Å². The topological polar surface area (TPSA) is 48.1 Å². The molecule has 0 radical (unpaired) electrons. The van der Waals surface area contributed by atoms with E-state index < -0.39 is 0 Å². The van der Waals surface area contributed by atoms with Crippen molar-refractivity contribution in [2.45, 2.75) is 0 Å². The average molecular weight is 180 g/mol. The molecule has 0 spiro atoms. The molecule has 0 aliphatic heterocycles.